The summed E-state index contributed by atoms with van der Waals surface area (Å²) in [5.41, 5.74) is 3.15. The van der Waals surface area contributed by atoms with E-state index in [1.165, 1.54) is 4.90 Å². The number of esters is 1. The van der Waals surface area contributed by atoms with Crippen molar-refractivity contribution in [2.24, 2.45) is 0 Å². The van der Waals surface area contributed by atoms with Gasteiger partial charge in [-0.1, -0.05) is 86.1 Å². The molecule has 0 saturated carbocycles. The maximum atomic E-state index is 12.9. The Kier molecular flexibility index (Phi) is 17.3. The number of ether oxygens (including phenoxy) is 3. The zero-order valence-electron chi connectivity index (χ0n) is 41.5. The Morgan fingerprint density at radius 3 is 1.57 bits per heavy atom. The summed E-state index contributed by atoms with van der Waals surface area (Å²) in [6, 6.07) is 39.5. The number of fused-ring (bicyclic) bond motifs is 2. The van der Waals surface area contributed by atoms with Gasteiger partial charge < -0.3 is 24.8 Å². The van der Waals surface area contributed by atoms with Gasteiger partial charge in [0.2, 0.25) is 0 Å². The average molecular weight is 1040 g/mol. The van der Waals surface area contributed by atoms with Gasteiger partial charge in [0.1, 0.15) is 30.5 Å². The van der Waals surface area contributed by atoms with Crippen molar-refractivity contribution >= 4 is 84.7 Å². The smallest absolute Gasteiger partial charge is 0.414 e. The highest BCUT2D eigenvalue weighted by Crippen LogP contribution is 2.26. The Labute approximate surface area is 434 Å². The molecule has 3 saturated heterocycles. The number of benzene rings is 6. The van der Waals surface area contributed by atoms with Gasteiger partial charge in [0, 0.05) is 66.4 Å². The van der Waals surface area contributed by atoms with Crippen LogP contribution in [0.3, 0.4) is 0 Å². The molecule has 0 aromatic heterocycles. The van der Waals surface area contributed by atoms with Gasteiger partial charge in [-0.05, 0) is 88.6 Å². The minimum absolute atomic E-state index is 0.0188. The number of piperazine rings is 1. The van der Waals surface area contributed by atoms with Crippen LogP contribution in [0, 0.1) is 10.8 Å². The Hall–Kier alpha value is -8.04. The van der Waals surface area contributed by atoms with E-state index in [9.17, 15) is 32.4 Å². The highest BCUT2D eigenvalue weighted by atomic mass is 32.2. The summed E-state index contributed by atoms with van der Waals surface area (Å²) in [6.45, 7) is 6.88. The first-order chi connectivity index (χ1) is 36.1. The van der Waals surface area contributed by atoms with Crippen molar-refractivity contribution in [1.29, 1.82) is 10.8 Å². The first-order valence-electron chi connectivity index (χ1n) is 24.5. The van der Waals surface area contributed by atoms with Gasteiger partial charge in [0.05, 0.1) is 32.5 Å². The molecule has 6 aromatic rings. The van der Waals surface area contributed by atoms with E-state index in [2.05, 4.69) is 27.4 Å². The fourth-order valence-electron chi connectivity index (χ4n) is 8.79. The number of carbonyl (C=O) groups excluding carboxylic acids is 5. The van der Waals surface area contributed by atoms with Gasteiger partial charge >= 0.3 is 18.2 Å². The third-order valence-corrected chi connectivity index (χ3v) is 13.3. The van der Waals surface area contributed by atoms with Crippen molar-refractivity contribution in [3.05, 3.63) is 156 Å². The summed E-state index contributed by atoms with van der Waals surface area (Å²) in [5, 5.41) is 25.5. The molecule has 6 aromatic carbocycles. The lowest BCUT2D eigenvalue weighted by atomic mass is 10.0. The molecule has 3 aliphatic rings. The van der Waals surface area contributed by atoms with Crippen LogP contribution >= 0.6 is 0 Å². The number of anilines is 2. The van der Waals surface area contributed by atoms with E-state index in [1.807, 2.05) is 66.7 Å². The summed E-state index contributed by atoms with van der Waals surface area (Å²) in [5.74, 6) is -1.01. The molecule has 19 nitrogen and oxygen atoms in total. The zero-order chi connectivity index (χ0) is 53.1. The van der Waals surface area contributed by atoms with Crippen molar-refractivity contribution in [2.45, 2.75) is 32.0 Å². The van der Waals surface area contributed by atoms with Crippen molar-refractivity contribution < 1.29 is 50.8 Å². The number of nitrogens with one attached hydrogen (secondary N) is 4. The third kappa shape index (κ3) is 14.0. The Balaban J connectivity index is 0.000000205. The van der Waals surface area contributed by atoms with E-state index in [0.29, 0.717) is 59.9 Å². The molecule has 0 bridgehead atoms. The van der Waals surface area contributed by atoms with Crippen LogP contribution in [-0.4, -0.2) is 144 Å². The number of amides is 4. The number of unbranched alkanes of at least 4 members (excludes halogenated alkanes) is 1. The van der Waals surface area contributed by atoms with Crippen LogP contribution in [0.4, 0.5) is 21.0 Å². The number of nitrogens with zero attached hydrogens (tertiary/aromatic N) is 4. The number of carbonyl (C=O) groups is 5. The topological polar surface area (TPSA) is 241 Å². The number of hydrogen-bond acceptors (Lipinski definition) is 15. The molecule has 2 unspecified atom stereocenters. The molecule has 9 rings (SSSR count). The van der Waals surface area contributed by atoms with Gasteiger partial charge in [-0.25, -0.2) is 9.59 Å². The molecule has 3 aliphatic heterocycles. The standard InChI is InChI=1S/C32H37N5O5.C23H21N3O6S/c1-2-3-19-41-29(38)22-36-17-15-35(16-18-36)20-26-21-37(32(40)42-26)25-13-11-24(12-14-25)30(33)34-31(39)28-10-6-8-23-7-4-5-9-27(23)28;1-33(29,30)31-14-18-13-26(23(28)32-18)17-11-9-16(10-12-17)21(24)25-22(27)20-8-4-6-15-5-2-3-7-19(15)20/h4-14,26H,2-3,15-22H2,1H3,(H2,33,34,39);2-12,18H,13-14H2,1H3,(H2,24,25,27). The number of amidine groups is 2. The first kappa shape index (κ1) is 53.3. The summed E-state index contributed by atoms with van der Waals surface area (Å²) >= 11 is 0. The first-order valence-corrected chi connectivity index (χ1v) is 26.3. The second kappa shape index (κ2) is 24.3. The molecule has 2 atom stereocenters. The predicted octanol–water partition coefficient (Wildman–Crippen LogP) is 6.78. The quantitative estimate of drug-likeness (QED) is 0.0196. The summed E-state index contributed by atoms with van der Waals surface area (Å²) in [7, 11) is -3.64. The number of cyclic esters (lactones) is 2. The van der Waals surface area contributed by atoms with Gasteiger partial charge in [0.25, 0.3) is 21.9 Å². The number of hydrogen-bond donors (Lipinski definition) is 4. The fourth-order valence-corrected chi connectivity index (χ4v) is 9.19. The molecule has 75 heavy (non-hydrogen) atoms. The lowest BCUT2D eigenvalue weighted by Crippen LogP contribution is -2.50. The van der Waals surface area contributed by atoms with E-state index >= 15 is 0 Å². The largest absolute Gasteiger partial charge is 0.465 e. The fraction of sp³-hybridized carbons (Fsp3) is 0.291. The molecule has 4 N–H and O–H groups in total. The van der Waals surface area contributed by atoms with E-state index in [0.717, 1.165) is 66.8 Å². The summed E-state index contributed by atoms with van der Waals surface area (Å²) in [6.07, 6.45) is 0.803. The lowest BCUT2D eigenvalue weighted by Gasteiger charge is -2.34. The molecule has 3 fully saturated rings. The molecule has 0 radical (unpaired) electrons. The molecular formula is C55H58N8O11S. The van der Waals surface area contributed by atoms with Crippen LogP contribution in [0.2, 0.25) is 0 Å². The maximum absolute atomic E-state index is 12.9. The van der Waals surface area contributed by atoms with Crippen LogP contribution in [-0.2, 0) is 33.3 Å². The Morgan fingerprint density at radius 2 is 1.08 bits per heavy atom. The average Bonchev–Trinajstić information content (AvgIpc) is 3.98. The Morgan fingerprint density at radius 1 is 0.627 bits per heavy atom. The highest BCUT2D eigenvalue weighted by molar-refractivity contribution is 7.86. The van der Waals surface area contributed by atoms with Crippen LogP contribution in [0.1, 0.15) is 51.6 Å². The minimum atomic E-state index is -3.64. The van der Waals surface area contributed by atoms with E-state index < -0.39 is 34.3 Å². The van der Waals surface area contributed by atoms with Crippen LogP contribution in [0.15, 0.2) is 133 Å². The predicted molar refractivity (Wildman–Crippen MR) is 284 cm³/mol. The van der Waals surface area contributed by atoms with Crippen molar-refractivity contribution in [2.75, 3.05) is 81.6 Å². The SMILES string of the molecule is CCCCOC(=O)CN1CCN(CC2CN(c3ccc(C(=N)NC(=O)c4cccc5ccccc45)cc3)C(=O)O2)CC1.CS(=O)(=O)OCC1CN(c2ccc(C(=N)NC(=O)c3cccc4ccccc34)cc2)C(=O)O1. The van der Waals surface area contributed by atoms with Gasteiger partial charge in [-0.2, -0.15) is 8.42 Å². The molecule has 0 aliphatic carbocycles. The normalized spacial score (nSPS) is 16.9. The Bertz CT molecular complexity index is 3190. The minimum Gasteiger partial charge on any atom is -0.465 e. The van der Waals surface area contributed by atoms with Gasteiger partial charge in [0.15, 0.2) is 0 Å². The van der Waals surface area contributed by atoms with Gasteiger partial charge in [-0.15, -0.1) is 0 Å². The molecule has 390 valence electrons. The second-order valence-electron chi connectivity index (χ2n) is 18.2. The van der Waals surface area contributed by atoms with Crippen molar-refractivity contribution in [3.63, 3.8) is 0 Å². The summed E-state index contributed by atoms with van der Waals surface area (Å²) in [4.78, 5) is 69.8. The summed E-state index contributed by atoms with van der Waals surface area (Å²) < 4.78 is 43.0. The molecule has 3 heterocycles. The molecule has 4 amide bonds. The van der Waals surface area contributed by atoms with Crippen LogP contribution in [0.25, 0.3) is 21.5 Å². The third-order valence-electron chi connectivity index (χ3n) is 12.7. The van der Waals surface area contributed by atoms with Crippen molar-refractivity contribution in [3.8, 4) is 0 Å². The van der Waals surface area contributed by atoms with Gasteiger partial charge in [-0.3, -0.25) is 49.0 Å². The maximum Gasteiger partial charge on any atom is 0.414 e. The zero-order valence-corrected chi connectivity index (χ0v) is 42.3. The van der Waals surface area contributed by atoms with Crippen LogP contribution < -0.4 is 20.4 Å². The van der Waals surface area contributed by atoms with E-state index in [1.54, 1.807) is 71.6 Å². The van der Waals surface area contributed by atoms with Crippen molar-refractivity contribution in [1.82, 2.24) is 20.4 Å². The molecule has 0 spiro atoms. The monoisotopic (exact) mass is 1040 g/mol. The number of rotatable bonds is 16. The lowest BCUT2D eigenvalue weighted by molar-refractivity contribution is -0.145. The second-order valence-corrected chi connectivity index (χ2v) is 19.8. The van der Waals surface area contributed by atoms with Crippen LogP contribution in [0.5, 0.6) is 0 Å². The van der Waals surface area contributed by atoms with E-state index in [4.69, 9.17) is 29.2 Å². The highest BCUT2D eigenvalue weighted by Gasteiger charge is 2.35. The molecule has 20 heteroatoms. The van der Waals surface area contributed by atoms with E-state index in [-0.39, 0.29) is 42.8 Å². The molecular weight excluding hydrogens is 981 g/mol.